The molecule has 0 amide bonds. The zero-order valence-corrected chi connectivity index (χ0v) is 13.7. The maximum absolute atomic E-state index is 8.78. The third-order valence-electron chi connectivity index (χ3n) is 0. The quantitative estimate of drug-likeness (QED) is 0.363. The Balaban J connectivity index is -0.0000000171. The first-order valence-electron chi connectivity index (χ1n) is 1.37. The summed E-state index contributed by atoms with van der Waals surface area (Å²) >= 11 is 0. The Hall–Kier alpha value is 2.09. The molecule has 0 unspecified atom stereocenters. The topological polar surface area (TPSA) is 103 Å². The monoisotopic (exact) mass is 203 g/mol. The number of hydrogen-bond donors (Lipinski definition) is 0. The second kappa shape index (κ2) is 22.7. The maximum Gasteiger partial charge on any atom is 1.00 e. The number of carboxylic acid groups (broad SMARTS) is 1. The Morgan fingerprint density at radius 2 is 1.18 bits per heavy atom. The largest absolute Gasteiger partial charge is 1.00 e. The molecule has 0 heterocycles. The van der Waals surface area contributed by atoms with E-state index in [2.05, 4.69) is 6.92 Å². The second-order valence-electron chi connectivity index (χ2n) is 0.622. The van der Waals surface area contributed by atoms with Gasteiger partial charge in [0.15, 0.2) is 0 Å². The van der Waals surface area contributed by atoms with Crippen LogP contribution in [0.3, 0.4) is 0 Å². The normalized spacial score (nSPS) is 4.45. The molecular weight excluding hydrogens is 201 g/mol. The molecule has 47 valence electrons. The summed E-state index contributed by atoms with van der Waals surface area (Å²) in [6, 6.07) is 0. The van der Waals surface area contributed by atoms with Crippen LogP contribution < -0.4 is 103 Å². The molecule has 0 bridgehead atoms. The molecule has 0 aliphatic carbocycles. The van der Waals surface area contributed by atoms with E-state index in [1.807, 2.05) is 0 Å². The molecule has 0 spiro atoms. The molecule has 0 aromatic heterocycles. The van der Waals surface area contributed by atoms with Crippen molar-refractivity contribution in [2.75, 3.05) is 0 Å². The van der Waals surface area contributed by atoms with E-state index in [4.69, 9.17) is 24.0 Å². The molecule has 5 nitrogen and oxygen atoms in total. The van der Waals surface area contributed by atoms with Crippen LogP contribution in [0.15, 0.2) is 0 Å². The van der Waals surface area contributed by atoms with Gasteiger partial charge in [0, 0.05) is 15.1 Å². The predicted octanol–water partition coefficient (Wildman–Crippen LogP) is -13.3. The maximum atomic E-state index is 8.78. The number of carbonyl (C=O) groups is 1. The van der Waals surface area contributed by atoms with Gasteiger partial charge < -0.3 is 24.0 Å². The molecule has 9 heteroatoms. The molecule has 0 N–H and O–H groups in total. The van der Waals surface area contributed by atoms with E-state index in [-0.39, 0.29) is 88.7 Å². The molecule has 11 heavy (non-hydrogen) atoms. The van der Waals surface area contributed by atoms with Crippen molar-refractivity contribution < 1.29 is 113 Å². The molecule has 0 aliphatic rings. The van der Waals surface area contributed by atoms with E-state index >= 15 is 0 Å². The fourth-order valence-corrected chi connectivity index (χ4v) is 0. The first kappa shape index (κ1) is 29.2. The zero-order chi connectivity index (χ0) is 7.15. The molecule has 0 aromatic carbocycles. The predicted molar refractivity (Wildman–Crippen MR) is 16.8 cm³/mol. The zero-order valence-electron chi connectivity index (χ0n) is 6.75. The van der Waals surface area contributed by atoms with Crippen molar-refractivity contribution in [3.05, 3.63) is 6.92 Å². The molecule has 0 saturated heterocycles. The van der Waals surface area contributed by atoms with Gasteiger partial charge in [-0.25, -0.2) is 0 Å². The van der Waals surface area contributed by atoms with Crippen LogP contribution in [0.1, 0.15) is 0 Å². The van der Waals surface area contributed by atoms with Gasteiger partial charge in [0.05, 0.1) is 0 Å². The van der Waals surface area contributed by atoms with Crippen LogP contribution >= 0.6 is 0 Å². The Morgan fingerprint density at radius 1 is 1.18 bits per heavy atom. The summed E-state index contributed by atoms with van der Waals surface area (Å²) in [6.45, 7) is 2.44. The molecule has 0 rings (SSSR count). The van der Waals surface area contributed by atoms with Gasteiger partial charge in [-0.2, -0.15) is 0 Å². The van der Waals surface area contributed by atoms with Gasteiger partial charge in [-0.3, -0.25) is 0 Å². The Labute approximate surface area is 132 Å². The average molecular weight is 203 g/mol. The molecule has 0 aromatic rings. The summed E-state index contributed by atoms with van der Waals surface area (Å²) in [5.74, 6) is -1.33. The van der Waals surface area contributed by atoms with Crippen LogP contribution in [0, 0.1) is 6.92 Å². The van der Waals surface area contributed by atoms with Crippen molar-refractivity contribution in [2.24, 2.45) is 0 Å². The Morgan fingerprint density at radius 3 is 1.18 bits per heavy atom. The third kappa shape index (κ3) is 282. The van der Waals surface area contributed by atoms with Crippen molar-refractivity contribution in [1.82, 2.24) is 0 Å². The minimum atomic E-state index is -3.63. The summed E-state index contributed by atoms with van der Waals surface area (Å²) in [7, 11) is -3.63. The summed E-state index contributed by atoms with van der Waals surface area (Å²) in [5.41, 5.74) is 0. The van der Waals surface area contributed by atoms with Crippen molar-refractivity contribution in [1.29, 1.82) is 0 Å². The van der Waals surface area contributed by atoms with Crippen molar-refractivity contribution in [2.45, 2.75) is 0 Å². The van der Waals surface area contributed by atoms with Crippen molar-refractivity contribution in [3.63, 3.8) is 0 Å². The summed E-state index contributed by atoms with van der Waals surface area (Å²) in [4.78, 5) is 25.8. The molecule has 0 fully saturated rings. The summed E-state index contributed by atoms with van der Waals surface area (Å²) in [6.07, 6.45) is 0. The first-order valence-corrected chi connectivity index (χ1v) is 2.60. The van der Waals surface area contributed by atoms with E-state index in [1.165, 1.54) is 0 Å². The smallest absolute Gasteiger partial charge is 0.672 e. The Bertz CT molecular complexity index is 77.7. The molecule has 0 aliphatic heterocycles. The Kier molecular flexibility index (Phi) is 60.4. The van der Waals surface area contributed by atoms with Crippen LogP contribution in [-0.4, -0.2) is 15.1 Å². The van der Waals surface area contributed by atoms with Crippen LogP contribution in [0.2, 0.25) is 0 Å². The van der Waals surface area contributed by atoms with E-state index in [0.29, 0.717) is 0 Å². The standard InChI is InChI=1S/C2H3O2.3Na.O3Si/c1-2(3)4;;;;1-4(2)3/h1H2,(H,3,4);;;;/q;3*+1;-2/p-1. The van der Waals surface area contributed by atoms with Gasteiger partial charge in [0.2, 0.25) is 0 Å². The fraction of sp³-hybridized carbons (Fsp3) is 0. The van der Waals surface area contributed by atoms with Gasteiger partial charge in [-0.05, 0) is 6.92 Å². The van der Waals surface area contributed by atoms with Gasteiger partial charge in [-0.1, -0.05) is 0 Å². The molecule has 1 radical (unpaired) electrons. The molecule has 0 atom stereocenters. The number of rotatable bonds is 0. The third-order valence-corrected chi connectivity index (χ3v) is 0. The summed E-state index contributed by atoms with van der Waals surface area (Å²) < 4.78 is 8.52. The minimum Gasteiger partial charge on any atom is -0.672 e. The van der Waals surface area contributed by atoms with Crippen LogP contribution in [-0.2, 0) is 9.26 Å². The van der Waals surface area contributed by atoms with Gasteiger partial charge >= 0.3 is 88.7 Å². The molecular formula is C2H2Na3O5Si. The summed E-state index contributed by atoms with van der Waals surface area (Å²) in [5, 5.41) is 8.78. The number of carboxylic acids is 1. The van der Waals surface area contributed by atoms with Crippen molar-refractivity contribution >= 4 is 15.1 Å². The van der Waals surface area contributed by atoms with E-state index in [1.54, 1.807) is 0 Å². The average Bonchev–Trinajstić information content (AvgIpc) is 1.25. The van der Waals surface area contributed by atoms with Gasteiger partial charge in [0.1, 0.15) is 0 Å². The number of hydrogen-bond acceptors (Lipinski definition) is 5. The number of carbonyl (C=O) groups excluding carboxylic acids is 1. The van der Waals surface area contributed by atoms with Crippen LogP contribution in [0.25, 0.3) is 0 Å². The van der Waals surface area contributed by atoms with Crippen LogP contribution in [0.5, 0.6) is 0 Å². The minimum absolute atomic E-state index is 0. The van der Waals surface area contributed by atoms with Crippen molar-refractivity contribution in [3.8, 4) is 0 Å². The van der Waals surface area contributed by atoms with E-state index in [0.717, 1.165) is 0 Å². The fourth-order valence-electron chi connectivity index (χ4n) is 0. The van der Waals surface area contributed by atoms with Crippen LogP contribution in [0.4, 0.5) is 0 Å². The molecule has 0 saturated carbocycles. The van der Waals surface area contributed by atoms with E-state index < -0.39 is 15.1 Å². The van der Waals surface area contributed by atoms with E-state index in [9.17, 15) is 0 Å². The SMILES string of the molecule is O=[Si]([O-])[O-].[CH2]C(=O)[O-].[Na+].[Na+].[Na+]. The second-order valence-corrected chi connectivity index (χ2v) is 1.12. The van der Waals surface area contributed by atoms with Gasteiger partial charge in [0.25, 0.3) is 0 Å². The number of aliphatic carboxylic acids is 1. The first-order chi connectivity index (χ1) is 3.46. The van der Waals surface area contributed by atoms with Gasteiger partial charge in [-0.15, -0.1) is 0 Å².